The molecule has 1 atom stereocenters. The first-order valence-corrected chi connectivity index (χ1v) is 12.6. The molecule has 1 amide bonds. The summed E-state index contributed by atoms with van der Waals surface area (Å²) in [7, 11) is -1.64. The molecule has 0 saturated carbocycles. The molecule has 5 heteroatoms. The topological polar surface area (TPSA) is 46.6 Å². The lowest BCUT2D eigenvalue weighted by atomic mass is 10.1. The summed E-state index contributed by atoms with van der Waals surface area (Å²) >= 11 is 0. The maximum atomic E-state index is 15.2. The van der Waals surface area contributed by atoms with Gasteiger partial charge in [-0.05, 0) is 29.3 Å². The summed E-state index contributed by atoms with van der Waals surface area (Å²) in [5.74, 6) is 0.0668. The third-order valence-electron chi connectivity index (χ3n) is 6.16. The van der Waals surface area contributed by atoms with E-state index in [4.69, 9.17) is 4.74 Å². The van der Waals surface area contributed by atoms with Crippen molar-refractivity contribution in [3.05, 3.63) is 126 Å². The van der Waals surface area contributed by atoms with E-state index >= 15 is 4.57 Å². The van der Waals surface area contributed by atoms with Gasteiger partial charge in [-0.3, -0.25) is 4.79 Å². The number of amides is 1. The van der Waals surface area contributed by atoms with E-state index in [9.17, 15) is 4.79 Å². The molecule has 4 nitrogen and oxygen atoms in total. The van der Waals surface area contributed by atoms with Gasteiger partial charge in [0.05, 0.1) is 7.11 Å². The molecule has 1 aliphatic rings. The number of nitrogens with zero attached hydrogens (tertiary/aromatic N) is 1. The molecule has 0 N–H and O–H groups in total. The Kier molecular flexibility index (Phi) is 5.62. The van der Waals surface area contributed by atoms with Crippen LogP contribution in [0, 0.1) is 0 Å². The number of carbonyl (C=O) groups excluding carboxylic acids is 1. The summed E-state index contributed by atoms with van der Waals surface area (Å²) < 4.78 is 20.5. The Balaban J connectivity index is 1.69. The number of hydrogen-bond donors (Lipinski definition) is 0. The molecule has 0 radical (unpaired) electrons. The number of benzene rings is 4. The Morgan fingerprint density at radius 1 is 0.758 bits per heavy atom. The Morgan fingerprint density at radius 2 is 1.30 bits per heavy atom. The van der Waals surface area contributed by atoms with Crippen molar-refractivity contribution in [2.45, 2.75) is 12.3 Å². The molecule has 1 unspecified atom stereocenters. The summed E-state index contributed by atoms with van der Waals surface area (Å²) in [5.41, 5.74) is 2.38. The number of methoxy groups -OCH3 is 1. The third kappa shape index (κ3) is 3.67. The summed E-state index contributed by atoms with van der Waals surface area (Å²) in [4.78, 5) is 15.4. The second kappa shape index (κ2) is 8.73. The Morgan fingerprint density at radius 3 is 1.88 bits per heavy atom. The maximum Gasteiger partial charge on any atom is 0.255 e. The molecule has 0 fully saturated rings. The minimum atomic E-state index is -3.27. The van der Waals surface area contributed by atoms with Crippen LogP contribution in [0.1, 0.15) is 27.3 Å². The molecule has 0 aromatic heterocycles. The first-order chi connectivity index (χ1) is 16.1. The molecule has 0 saturated heterocycles. The largest absolute Gasteiger partial charge is 0.497 e. The second-order valence-corrected chi connectivity index (χ2v) is 10.9. The van der Waals surface area contributed by atoms with Gasteiger partial charge in [0.15, 0.2) is 7.14 Å². The molecule has 4 aromatic carbocycles. The van der Waals surface area contributed by atoms with E-state index in [1.165, 1.54) is 0 Å². The van der Waals surface area contributed by atoms with Crippen LogP contribution in [0.5, 0.6) is 5.75 Å². The molecule has 0 spiro atoms. The van der Waals surface area contributed by atoms with Crippen LogP contribution in [-0.4, -0.2) is 17.9 Å². The molecule has 0 bridgehead atoms. The normalized spacial score (nSPS) is 15.4. The number of fused-ring (bicyclic) bond motifs is 1. The zero-order chi connectivity index (χ0) is 22.8. The minimum absolute atomic E-state index is 0.0986. The standard InChI is InChI=1S/C28H24NO3P/c1-32-22-18-16-21(17-19-22)20-29-27(30)25-14-8-9-15-26(25)28(29)33(31,23-10-4-2-5-11-23)24-12-6-3-7-13-24/h2-19,28H,20H2,1H3. The molecule has 0 aliphatic carbocycles. The van der Waals surface area contributed by atoms with Crippen LogP contribution in [0.4, 0.5) is 0 Å². The van der Waals surface area contributed by atoms with Crippen molar-refractivity contribution >= 4 is 23.7 Å². The van der Waals surface area contributed by atoms with Crippen molar-refractivity contribution in [2.24, 2.45) is 0 Å². The highest BCUT2D eigenvalue weighted by molar-refractivity contribution is 7.79. The minimum Gasteiger partial charge on any atom is -0.497 e. The first kappa shape index (κ1) is 21.2. The fourth-order valence-electron chi connectivity index (χ4n) is 4.56. The predicted octanol–water partition coefficient (Wildman–Crippen LogP) is 5.36. The van der Waals surface area contributed by atoms with Gasteiger partial charge in [-0.2, -0.15) is 0 Å². The summed E-state index contributed by atoms with van der Waals surface area (Å²) in [5, 5.41) is 1.48. The summed E-state index contributed by atoms with van der Waals surface area (Å²) in [6, 6.07) is 34.3. The quantitative estimate of drug-likeness (QED) is 0.369. The summed E-state index contributed by atoms with van der Waals surface area (Å²) in [6.07, 6.45) is 0. The molecule has 164 valence electrons. The van der Waals surface area contributed by atoms with Gasteiger partial charge >= 0.3 is 0 Å². The van der Waals surface area contributed by atoms with E-state index in [1.807, 2.05) is 109 Å². The average Bonchev–Trinajstić information content (AvgIpc) is 3.17. The van der Waals surface area contributed by atoms with Crippen molar-refractivity contribution in [1.29, 1.82) is 0 Å². The zero-order valence-corrected chi connectivity index (χ0v) is 19.2. The molecular weight excluding hydrogens is 429 g/mol. The second-order valence-electron chi connectivity index (χ2n) is 8.07. The van der Waals surface area contributed by atoms with Gasteiger partial charge in [0, 0.05) is 22.7 Å². The Hall–Kier alpha value is -3.62. The monoisotopic (exact) mass is 453 g/mol. The molecule has 4 aromatic rings. The molecule has 1 aliphatic heterocycles. The van der Waals surface area contributed by atoms with Gasteiger partial charge < -0.3 is 14.2 Å². The van der Waals surface area contributed by atoms with Gasteiger partial charge in [-0.15, -0.1) is 0 Å². The van der Waals surface area contributed by atoms with Crippen LogP contribution in [0.25, 0.3) is 0 Å². The number of rotatable bonds is 6. The molecule has 1 heterocycles. The van der Waals surface area contributed by atoms with Gasteiger partial charge in [0.1, 0.15) is 11.5 Å². The number of ether oxygens (including phenoxy) is 1. The van der Waals surface area contributed by atoms with Crippen molar-refractivity contribution in [3.63, 3.8) is 0 Å². The first-order valence-electron chi connectivity index (χ1n) is 10.9. The van der Waals surface area contributed by atoms with E-state index in [0.29, 0.717) is 12.1 Å². The van der Waals surface area contributed by atoms with E-state index in [0.717, 1.165) is 27.5 Å². The molecule has 33 heavy (non-hydrogen) atoms. The van der Waals surface area contributed by atoms with E-state index < -0.39 is 12.9 Å². The lowest BCUT2D eigenvalue weighted by molar-refractivity contribution is 0.0756. The van der Waals surface area contributed by atoms with Gasteiger partial charge in [0.25, 0.3) is 5.91 Å². The van der Waals surface area contributed by atoms with Gasteiger partial charge in [-0.1, -0.05) is 91.0 Å². The predicted molar refractivity (Wildman–Crippen MR) is 132 cm³/mol. The van der Waals surface area contributed by atoms with E-state index in [2.05, 4.69) is 0 Å². The highest BCUT2D eigenvalue weighted by atomic mass is 31.2. The molecule has 5 rings (SSSR count). The van der Waals surface area contributed by atoms with Crippen LogP contribution in [0.2, 0.25) is 0 Å². The third-order valence-corrected chi connectivity index (χ3v) is 9.54. The van der Waals surface area contributed by atoms with Gasteiger partial charge in [0.2, 0.25) is 0 Å². The van der Waals surface area contributed by atoms with E-state index in [1.54, 1.807) is 12.0 Å². The fourth-order valence-corrected chi connectivity index (χ4v) is 7.85. The van der Waals surface area contributed by atoms with E-state index in [-0.39, 0.29) is 5.91 Å². The van der Waals surface area contributed by atoms with Crippen LogP contribution < -0.4 is 15.3 Å². The van der Waals surface area contributed by atoms with Crippen molar-refractivity contribution in [3.8, 4) is 5.75 Å². The zero-order valence-electron chi connectivity index (χ0n) is 18.3. The fraction of sp³-hybridized carbons (Fsp3) is 0.107. The number of hydrogen-bond acceptors (Lipinski definition) is 3. The van der Waals surface area contributed by atoms with Crippen molar-refractivity contribution in [2.75, 3.05) is 7.11 Å². The van der Waals surface area contributed by atoms with Crippen LogP contribution >= 0.6 is 7.14 Å². The van der Waals surface area contributed by atoms with Crippen LogP contribution in [0.3, 0.4) is 0 Å². The average molecular weight is 453 g/mol. The smallest absolute Gasteiger partial charge is 0.255 e. The lowest BCUT2D eigenvalue weighted by Crippen LogP contribution is -2.33. The molecular formula is C28H24NO3P. The SMILES string of the molecule is COc1ccc(CN2C(=O)c3ccccc3C2P(=O)(c2ccccc2)c2ccccc2)cc1. The lowest BCUT2D eigenvalue weighted by Gasteiger charge is -2.33. The highest BCUT2D eigenvalue weighted by Gasteiger charge is 2.48. The number of carbonyl (C=O) groups is 1. The summed E-state index contributed by atoms with van der Waals surface area (Å²) in [6.45, 7) is 0.353. The van der Waals surface area contributed by atoms with Gasteiger partial charge in [-0.25, -0.2) is 0 Å². The van der Waals surface area contributed by atoms with Crippen LogP contribution in [-0.2, 0) is 11.1 Å². The van der Waals surface area contributed by atoms with Crippen molar-refractivity contribution in [1.82, 2.24) is 4.90 Å². The Bertz CT molecular complexity index is 1280. The Labute approximate surface area is 193 Å². The van der Waals surface area contributed by atoms with Crippen molar-refractivity contribution < 1.29 is 14.1 Å². The maximum absolute atomic E-state index is 15.2. The highest BCUT2D eigenvalue weighted by Crippen LogP contribution is 2.62. The van der Waals surface area contributed by atoms with Crippen LogP contribution in [0.15, 0.2) is 109 Å².